The van der Waals surface area contributed by atoms with Crippen LogP contribution in [0.5, 0.6) is 0 Å². The van der Waals surface area contributed by atoms with Gasteiger partial charge in [0, 0.05) is 37.7 Å². The molecule has 9 nitrogen and oxygen atoms in total. The molecule has 0 spiro atoms. The molecular formula is C21H25N9. The van der Waals surface area contributed by atoms with Crippen molar-refractivity contribution in [3.63, 3.8) is 0 Å². The van der Waals surface area contributed by atoms with Gasteiger partial charge in [-0.15, -0.1) is 0 Å². The highest BCUT2D eigenvalue weighted by Crippen LogP contribution is 2.29. The van der Waals surface area contributed by atoms with Gasteiger partial charge >= 0.3 is 0 Å². The zero-order valence-corrected chi connectivity index (χ0v) is 17.2. The minimum absolute atomic E-state index is 0.311. The number of aromatic nitrogens is 7. The Kier molecular flexibility index (Phi) is 4.57. The maximum Gasteiger partial charge on any atom is 0.227 e. The molecule has 5 rings (SSSR count). The van der Waals surface area contributed by atoms with Crippen LogP contribution in [0.3, 0.4) is 0 Å². The van der Waals surface area contributed by atoms with Crippen molar-refractivity contribution >= 4 is 22.8 Å². The summed E-state index contributed by atoms with van der Waals surface area (Å²) in [6.07, 6.45) is 11.3. The molecule has 9 heteroatoms. The van der Waals surface area contributed by atoms with E-state index in [0.717, 1.165) is 48.2 Å². The molecule has 4 aromatic heterocycles. The third kappa shape index (κ3) is 3.26. The zero-order valence-electron chi connectivity index (χ0n) is 17.2. The molecule has 1 fully saturated rings. The van der Waals surface area contributed by atoms with Gasteiger partial charge in [0.1, 0.15) is 11.3 Å². The Morgan fingerprint density at radius 1 is 1.10 bits per heavy atom. The Morgan fingerprint density at radius 2 is 1.93 bits per heavy atom. The van der Waals surface area contributed by atoms with E-state index in [1.807, 2.05) is 35.5 Å². The van der Waals surface area contributed by atoms with Crippen LogP contribution in [0.4, 0.5) is 11.8 Å². The second-order valence-electron chi connectivity index (χ2n) is 7.98. The molecule has 30 heavy (non-hydrogen) atoms. The molecule has 0 aromatic carbocycles. The molecule has 1 aliphatic heterocycles. The first-order valence-corrected chi connectivity index (χ1v) is 10.3. The van der Waals surface area contributed by atoms with Gasteiger partial charge in [-0.25, -0.2) is 9.97 Å². The summed E-state index contributed by atoms with van der Waals surface area (Å²) in [6.45, 7) is 6.01. The summed E-state index contributed by atoms with van der Waals surface area (Å²) in [6, 6.07) is 4.71. The van der Waals surface area contributed by atoms with Gasteiger partial charge in [-0.3, -0.25) is 9.67 Å². The molecule has 0 radical (unpaired) electrons. The number of fused-ring (bicyclic) bond motifs is 1. The predicted molar refractivity (Wildman–Crippen MR) is 116 cm³/mol. The number of nitrogens with two attached hydrogens (primary N) is 1. The second-order valence-corrected chi connectivity index (χ2v) is 7.98. The fourth-order valence-corrected chi connectivity index (χ4v) is 4.05. The topological polar surface area (TPSA) is 104 Å². The number of hydrogen-bond acceptors (Lipinski definition) is 7. The highest BCUT2D eigenvalue weighted by atomic mass is 15.3. The normalized spacial score (nSPS) is 15.4. The Balaban J connectivity index is 1.38. The van der Waals surface area contributed by atoms with Gasteiger partial charge in [0.25, 0.3) is 0 Å². The van der Waals surface area contributed by atoms with Gasteiger partial charge in [0.2, 0.25) is 5.95 Å². The van der Waals surface area contributed by atoms with E-state index in [1.54, 1.807) is 12.4 Å². The average molecular weight is 403 g/mol. The minimum Gasteiger partial charge on any atom is -0.383 e. The Morgan fingerprint density at radius 3 is 2.63 bits per heavy atom. The van der Waals surface area contributed by atoms with Crippen LogP contribution in [0.1, 0.15) is 38.8 Å². The molecule has 0 amide bonds. The third-order valence-corrected chi connectivity index (χ3v) is 5.75. The summed E-state index contributed by atoms with van der Waals surface area (Å²) in [5.41, 5.74) is 9.71. The van der Waals surface area contributed by atoms with Gasteiger partial charge in [0.15, 0.2) is 0 Å². The Hall–Kier alpha value is -3.49. The van der Waals surface area contributed by atoms with Crippen LogP contribution in [0.25, 0.3) is 22.3 Å². The van der Waals surface area contributed by atoms with Crippen LogP contribution < -0.4 is 10.6 Å². The largest absolute Gasteiger partial charge is 0.383 e. The molecule has 0 aliphatic carbocycles. The van der Waals surface area contributed by atoms with E-state index in [0.29, 0.717) is 23.8 Å². The predicted octanol–water partition coefficient (Wildman–Crippen LogP) is 3.09. The molecule has 4 aromatic rings. The fraction of sp³-hybridized carbons (Fsp3) is 0.381. The molecule has 0 unspecified atom stereocenters. The summed E-state index contributed by atoms with van der Waals surface area (Å²) in [5, 5.41) is 4.37. The number of piperidine rings is 1. The van der Waals surface area contributed by atoms with E-state index in [-0.39, 0.29) is 0 Å². The number of anilines is 2. The second kappa shape index (κ2) is 7.40. The van der Waals surface area contributed by atoms with Crippen LogP contribution in [0, 0.1) is 0 Å². The number of imidazole rings is 1. The Bertz CT molecular complexity index is 1150. The van der Waals surface area contributed by atoms with E-state index in [9.17, 15) is 0 Å². The van der Waals surface area contributed by atoms with Crippen molar-refractivity contribution in [3.8, 4) is 11.3 Å². The highest BCUT2D eigenvalue weighted by Gasteiger charge is 2.23. The van der Waals surface area contributed by atoms with Crippen molar-refractivity contribution in [2.75, 3.05) is 23.7 Å². The van der Waals surface area contributed by atoms with E-state index >= 15 is 0 Å². The average Bonchev–Trinajstić information content (AvgIpc) is 3.43. The lowest BCUT2D eigenvalue weighted by Gasteiger charge is -2.32. The smallest absolute Gasteiger partial charge is 0.227 e. The van der Waals surface area contributed by atoms with Gasteiger partial charge in [-0.1, -0.05) is 0 Å². The molecule has 1 aliphatic rings. The molecule has 0 bridgehead atoms. The number of nitrogen functional groups attached to an aromatic ring is 1. The van der Waals surface area contributed by atoms with E-state index in [2.05, 4.69) is 48.3 Å². The lowest BCUT2D eigenvalue weighted by atomic mass is 10.1. The number of nitrogens with zero attached hydrogens (tertiary/aromatic N) is 8. The standard InChI is InChI=1S/C21H25N9/c1-14(2)29-13-25-18-12-23-17(10-19(18)29)16-11-24-21(27-20(16)22)28-8-4-15(5-9-28)30-7-3-6-26-30/h3,6-7,10-15H,4-5,8-9H2,1-2H3,(H2,22,24,27). The van der Waals surface area contributed by atoms with E-state index < -0.39 is 0 Å². The van der Waals surface area contributed by atoms with Gasteiger partial charge in [0.05, 0.1) is 35.3 Å². The first-order valence-electron chi connectivity index (χ1n) is 10.3. The highest BCUT2D eigenvalue weighted by molar-refractivity contribution is 5.82. The molecule has 154 valence electrons. The molecule has 0 atom stereocenters. The first kappa shape index (κ1) is 18.5. The summed E-state index contributed by atoms with van der Waals surface area (Å²) in [4.78, 5) is 20.3. The van der Waals surface area contributed by atoms with Crippen LogP contribution in [0.15, 0.2) is 43.2 Å². The third-order valence-electron chi connectivity index (χ3n) is 5.75. The maximum atomic E-state index is 6.33. The molecular weight excluding hydrogens is 378 g/mol. The Labute approximate surface area is 174 Å². The van der Waals surface area contributed by atoms with Crippen molar-refractivity contribution in [1.29, 1.82) is 0 Å². The minimum atomic E-state index is 0.311. The van der Waals surface area contributed by atoms with Crippen molar-refractivity contribution in [2.24, 2.45) is 0 Å². The fourth-order valence-electron chi connectivity index (χ4n) is 4.05. The van der Waals surface area contributed by atoms with Crippen molar-refractivity contribution < 1.29 is 0 Å². The molecule has 5 heterocycles. The molecule has 1 saturated heterocycles. The van der Waals surface area contributed by atoms with Gasteiger partial charge < -0.3 is 15.2 Å². The van der Waals surface area contributed by atoms with Crippen molar-refractivity contribution in [1.82, 2.24) is 34.3 Å². The molecule has 0 saturated carbocycles. The van der Waals surface area contributed by atoms with Gasteiger partial charge in [-0.2, -0.15) is 10.1 Å². The van der Waals surface area contributed by atoms with Crippen LogP contribution in [0.2, 0.25) is 0 Å². The maximum absolute atomic E-state index is 6.33. The van der Waals surface area contributed by atoms with E-state index in [4.69, 9.17) is 5.73 Å². The number of pyridine rings is 1. The molecule has 2 N–H and O–H groups in total. The summed E-state index contributed by atoms with van der Waals surface area (Å²) < 4.78 is 4.16. The van der Waals surface area contributed by atoms with Crippen LogP contribution in [-0.4, -0.2) is 47.4 Å². The summed E-state index contributed by atoms with van der Waals surface area (Å²) in [5.74, 6) is 1.11. The van der Waals surface area contributed by atoms with Crippen LogP contribution >= 0.6 is 0 Å². The quantitative estimate of drug-likeness (QED) is 0.558. The van der Waals surface area contributed by atoms with E-state index in [1.165, 1.54) is 0 Å². The summed E-state index contributed by atoms with van der Waals surface area (Å²) in [7, 11) is 0. The summed E-state index contributed by atoms with van der Waals surface area (Å²) >= 11 is 0. The van der Waals surface area contributed by atoms with Gasteiger partial charge in [-0.05, 0) is 38.8 Å². The number of rotatable bonds is 4. The first-order chi connectivity index (χ1) is 14.6. The van der Waals surface area contributed by atoms with Crippen molar-refractivity contribution in [3.05, 3.63) is 43.2 Å². The number of hydrogen-bond donors (Lipinski definition) is 1. The monoisotopic (exact) mass is 403 g/mol. The van der Waals surface area contributed by atoms with Crippen molar-refractivity contribution in [2.45, 2.75) is 38.8 Å². The SMILES string of the molecule is CC(C)n1cnc2cnc(-c3cnc(N4CCC(n5cccn5)CC4)nc3N)cc21. The lowest BCUT2D eigenvalue weighted by Crippen LogP contribution is -2.36. The lowest BCUT2D eigenvalue weighted by molar-refractivity contribution is 0.365. The zero-order chi connectivity index (χ0) is 20.7. The van der Waals surface area contributed by atoms with Crippen LogP contribution in [-0.2, 0) is 0 Å².